The molecule has 1 aromatic rings. The minimum absolute atomic E-state index is 0.0105. The van der Waals surface area contributed by atoms with Crippen LogP contribution in [-0.2, 0) is 9.53 Å². The molecule has 0 spiro atoms. The van der Waals surface area contributed by atoms with E-state index in [-0.39, 0.29) is 18.0 Å². The number of hydrogen-bond donors (Lipinski definition) is 0. The lowest BCUT2D eigenvalue weighted by Gasteiger charge is -2.20. The Morgan fingerprint density at radius 1 is 1.25 bits per heavy atom. The summed E-state index contributed by atoms with van der Waals surface area (Å²) in [6.45, 7) is 1.92. The van der Waals surface area contributed by atoms with Crippen molar-refractivity contribution in [2.24, 2.45) is 5.92 Å². The highest BCUT2D eigenvalue weighted by atomic mass is 16.5. The van der Waals surface area contributed by atoms with E-state index < -0.39 is 0 Å². The third-order valence-electron chi connectivity index (χ3n) is 4.38. The van der Waals surface area contributed by atoms with Gasteiger partial charge in [0.15, 0.2) is 0 Å². The van der Waals surface area contributed by atoms with Gasteiger partial charge in [-0.3, -0.25) is 4.79 Å². The molecule has 2 heteroatoms. The molecule has 0 saturated heterocycles. The molecule has 0 bridgehead atoms. The number of ether oxygens (including phenoxy) is 1. The minimum atomic E-state index is -0.199. The van der Waals surface area contributed by atoms with E-state index in [0.717, 1.165) is 24.8 Å². The van der Waals surface area contributed by atoms with E-state index in [2.05, 4.69) is 18.2 Å². The van der Waals surface area contributed by atoms with E-state index in [1.807, 2.05) is 37.3 Å². The van der Waals surface area contributed by atoms with Gasteiger partial charge in [-0.05, 0) is 43.2 Å². The molecule has 3 atom stereocenters. The lowest BCUT2D eigenvalue weighted by atomic mass is 9.94. The number of fused-ring (bicyclic) bond motifs is 1. The van der Waals surface area contributed by atoms with Crippen molar-refractivity contribution >= 4 is 5.97 Å². The Morgan fingerprint density at radius 3 is 2.85 bits per heavy atom. The van der Waals surface area contributed by atoms with E-state index in [4.69, 9.17) is 4.74 Å². The zero-order chi connectivity index (χ0) is 13.9. The van der Waals surface area contributed by atoms with E-state index in [0.29, 0.717) is 5.92 Å². The van der Waals surface area contributed by atoms with Crippen molar-refractivity contribution in [3.05, 3.63) is 59.7 Å². The predicted octanol–water partition coefficient (Wildman–Crippen LogP) is 4.00. The van der Waals surface area contributed by atoms with Crippen molar-refractivity contribution in [1.29, 1.82) is 0 Å². The van der Waals surface area contributed by atoms with Crippen LogP contribution in [0.15, 0.2) is 54.1 Å². The third kappa shape index (κ3) is 2.55. The first-order valence-corrected chi connectivity index (χ1v) is 7.38. The zero-order valence-corrected chi connectivity index (χ0v) is 11.8. The quantitative estimate of drug-likeness (QED) is 0.775. The van der Waals surface area contributed by atoms with Crippen LogP contribution in [-0.4, -0.2) is 12.1 Å². The lowest BCUT2D eigenvalue weighted by molar-refractivity contribution is -0.148. The summed E-state index contributed by atoms with van der Waals surface area (Å²) in [5.41, 5.74) is 2.32. The largest absolute Gasteiger partial charge is 0.457 e. The SMILES string of the molecule is CC(C(=O)OC1CCC2CC=CC=C21)c1ccccc1. The Morgan fingerprint density at radius 2 is 2.05 bits per heavy atom. The number of carbonyl (C=O) groups excluding carboxylic acids is 1. The molecule has 2 aliphatic carbocycles. The highest BCUT2D eigenvalue weighted by molar-refractivity contribution is 5.78. The van der Waals surface area contributed by atoms with Crippen LogP contribution in [0.5, 0.6) is 0 Å². The fourth-order valence-corrected chi connectivity index (χ4v) is 3.12. The molecule has 1 fully saturated rings. The molecule has 0 radical (unpaired) electrons. The fourth-order valence-electron chi connectivity index (χ4n) is 3.12. The van der Waals surface area contributed by atoms with Crippen molar-refractivity contribution < 1.29 is 9.53 Å². The summed E-state index contributed by atoms with van der Waals surface area (Å²) in [5, 5.41) is 0. The van der Waals surface area contributed by atoms with Crippen LogP contribution in [0, 0.1) is 5.92 Å². The van der Waals surface area contributed by atoms with Gasteiger partial charge < -0.3 is 4.74 Å². The molecular formula is C18H20O2. The van der Waals surface area contributed by atoms with Crippen molar-refractivity contribution in [3.8, 4) is 0 Å². The maximum Gasteiger partial charge on any atom is 0.313 e. The Labute approximate surface area is 120 Å². The molecule has 1 aromatic carbocycles. The van der Waals surface area contributed by atoms with Crippen LogP contribution >= 0.6 is 0 Å². The Balaban J connectivity index is 1.67. The summed E-state index contributed by atoms with van der Waals surface area (Å²) in [6.07, 6.45) is 9.59. The number of rotatable bonds is 3. The van der Waals surface area contributed by atoms with Gasteiger partial charge in [0, 0.05) is 0 Å². The molecule has 3 rings (SSSR count). The van der Waals surface area contributed by atoms with E-state index in [9.17, 15) is 4.79 Å². The van der Waals surface area contributed by atoms with Gasteiger partial charge in [0.1, 0.15) is 6.10 Å². The molecular weight excluding hydrogens is 248 g/mol. The first kappa shape index (κ1) is 13.2. The van der Waals surface area contributed by atoms with E-state index in [1.165, 1.54) is 5.57 Å². The molecule has 0 aliphatic heterocycles. The molecule has 3 unspecified atom stereocenters. The van der Waals surface area contributed by atoms with Gasteiger partial charge in [0.05, 0.1) is 5.92 Å². The standard InChI is InChI=1S/C18H20O2/c1-13(14-7-3-2-4-8-14)18(19)20-17-12-11-15-9-5-6-10-16(15)17/h2-8,10,13,15,17H,9,11-12H2,1H3. The summed E-state index contributed by atoms with van der Waals surface area (Å²) in [5.74, 6) is 0.275. The molecule has 2 aliphatic rings. The van der Waals surface area contributed by atoms with Gasteiger partial charge in [-0.25, -0.2) is 0 Å². The highest BCUT2D eigenvalue weighted by Crippen LogP contribution is 2.38. The lowest BCUT2D eigenvalue weighted by Crippen LogP contribution is -2.22. The van der Waals surface area contributed by atoms with Crippen LogP contribution in [0.3, 0.4) is 0 Å². The summed E-state index contributed by atoms with van der Waals surface area (Å²) >= 11 is 0. The van der Waals surface area contributed by atoms with Crippen LogP contribution in [0.1, 0.15) is 37.7 Å². The van der Waals surface area contributed by atoms with Crippen LogP contribution < -0.4 is 0 Å². The molecule has 0 heterocycles. The number of carbonyl (C=O) groups is 1. The van der Waals surface area contributed by atoms with Gasteiger partial charge in [-0.15, -0.1) is 0 Å². The van der Waals surface area contributed by atoms with Crippen molar-refractivity contribution in [1.82, 2.24) is 0 Å². The van der Waals surface area contributed by atoms with Crippen molar-refractivity contribution in [2.45, 2.75) is 38.2 Å². The smallest absolute Gasteiger partial charge is 0.313 e. The van der Waals surface area contributed by atoms with Crippen molar-refractivity contribution in [2.75, 3.05) is 0 Å². The Bertz CT molecular complexity index is 542. The summed E-state index contributed by atoms with van der Waals surface area (Å²) in [4.78, 5) is 12.3. The average Bonchev–Trinajstić information content (AvgIpc) is 2.91. The topological polar surface area (TPSA) is 26.3 Å². The van der Waals surface area contributed by atoms with Crippen LogP contribution in [0.4, 0.5) is 0 Å². The maximum absolute atomic E-state index is 12.3. The summed E-state index contributed by atoms with van der Waals surface area (Å²) in [6, 6.07) is 9.83. The normalized spacial score (nSPS) is 25.8. The molecule has 20 heavy (non-hydrogen) atoms. The average molecular weight is 268 g/mol. The number of esters is 1. The van der Waals surface area contributed by atoms with Gasteiger partial charge >= 0.3 is 5.97 Å². The number of benzene rings is 1. The van der Waals surface area contributed by atoms with E-state index in [1.54, 1.807) is 0 Å². The second-order valence-electron chi connectivity index (χ2n) is 5.66. The first-order valence-electron chi connectivity index (χ1n) is 7.38. The summed E-state index contributed by atoms with van der Waals surface area (Å²) < 4.78 is 5.76. The Kier molecular flexibility index (Phi) is 3.72. The molecule has 0 aromatic heterocycles. The fraction of sp³-hybridized carbons (Fsp3) is 0.389. The molecule has 2 nitrogen and oxygen atoms in total. The van der Waals surface area contributed by atoms with Crippen LogP contribution in [0.25, 0.3) is 0 Å². The first-order chi connectivity index (χ1) is 9.75. The van der Waals surface area contributed by atoms with Gasteiger partial charge in [-0.1, -0.05) is 48.6 Å². The number of hydrogen-bond acceptors (Lipinski definition) is 2. The maximum atomic E-state index is 12.3. The van der Waals surface area contributed by atoms with Crippen molar-refractivity contribution in [3.63, 3.8) is 0 Å². The number of allylic oxidation sites excluding steroid dienone is 3. The monoisotopic (exact) mass is 268 g/mol. The molecule has 104 valence electrons. The molecule has 1 saturated carbocycles. The van der Waals surface area contributed by atoms with E-state index >= 15 is 0 Å². The third-order valence-corrected chi connectivity index (χ3v) is 4.38. The van der Waals surface area contributed by atoms with Gasteiger partial charge in [0.2, 0.25) is 0 Å². The predicted molar refractivity (Wildman–Crippen MR) is 79.3 cm³/mol. The van der Waals surface area contributed by atoms with Gasteiger partial charge in [0.25, 0.3) is 0 Å². The second-order valence-corrected chi connectivity index (χ2v) is 5.66. The van der Waals surface area contributed by atoms with Gasteiger partial charge in [-0.2, -0.15) is 0 Å². The zero-order valence-electron chi connectivity index (χ0n) is 11.8. The second kappa shape index (κ2) is 5.66. The summed E-state index contributed by atoms with van der Waals surface area (Å²) in [7, 11) is 0. The minimum Gasteiger partial charge on any atom is -0.457 e. The molecule has 0 amide bonds. The Hall–Kier alpha value is -1.83. The van der Waals surface area contributed by atoms with Crippen LogP contribution in [0.2, 0.25) is 0 Å². The highest BCUT2D eigenvalue weighted by Gasteiger charge is 2.33. The molecule has 0 N–H and O–H groups in total.